The Bertz CT molecular complexity index is 516. The minimum atomic E-state index is 0.782. The van der Waals surface area contributed by atoms with Gasteiger partial charge in [-0.05, 0) is 41.4 Å². The van der Waals surface area contributed by atoms with E-state index in [4.69, 9.17) is 4.74 Å². The van der Waals surface area contributed by atoms with Crippen LogP contribution < -0.4 is 5.32 Å². The van der Waals surface area contributed by atoms with Crippen LogP contribution >= 0.6 is 15.9 Å². The van der Waals surface area contributed by atoms with Gasteiger partial charge >= 0.3 is 0 Å². The third-order valence-electron chi connectivity index (χ3n) is 2.66. The number of anilines is 1. The van der Waals surface area contributed by atoms with E-state index in [1.165, 1.54) is 0 Å². The molecule has 0 bridgehead atoms. The number of hydrogen-bond donors (Lipinski definition) is 1. The van der Waals surface area contributed by atoms with Crippen molar-refractivity contribution in [3.8, 4) is 0 Å². The first kappa shape index (κ1) is 13.3. The molecule has 1 aromatic heterocycles. The molecular formula is C14H17BrN2O. The van der Waals surface area contributed by atoms with E-state index in [0.29, 0.717) is 0 Å². The molecule has 1 heterocycles. The monoisotopic (exact) mass is 308 g/mol. The van der Waals surface area contributed by atoms with Crippen LogP contribution in [0.4, 0.5) is 5.69 Å². The van der Waals surface area contributed by atoms with Gasteiger partial charge in [-0.2, -0.15) is 0 Å². The molecule has 0 aliphatic rings. The largest absolute Gasteiger partial charge is 0.383 e. The average molecular weight is 309 g/mol. The summed E-state index contributed by atoms with van der Waals surface area (Å²) in [5, 5.41) is 4.55. The number of nitrogens with one attached hydrogen (secondary N) is 1. The lowest BCUT2D eigenvalue weighted by molar-refractivity contribution is 0.147. The molecule has 0 fully saturated rings. The van der Waals surface area contributed by atoms with Crippen molar-refractivity contribution in [2.75, 3.05) is 25.1 Å². The second-order valence-electron chi connectivity index (χ2n) is 4.01. The number of ether oxygens (including phenoxy) is 1. The van der Waals surface area contributed by atoms with Crippen LogP contribution in [0.25, 0.3) is 10.9 Å². The average Bonchev–Trinajstić information content (AvgIpc) is 2.38. The highest BCUT2D eigenvalue weighted by Crippen LogP contribution is 2.23. The molecule has 1 N–H and O–H groups in total. The molecule has 3 nitrogen and oxygen atoms in total. The maximum absolute atomic E-state index is 5.31. The van der Waals surface area contributed by atoms with Crippen molar-refractivity contribution in [3.63, 3.8) is 0 Å². The molecule has 0 aliphatic heterocycles. The molecule has 4 heteroatoms. The van der Waals surface area contributed by atoms with E-state index < -0.39 is 0 Å². The Morgan fingerprint density at radius 2 is 2.28 bits per heavy atom. The van der Waals surface area contributed by atoms with Gasteiger partial charge in [0, 0.05) is 35.8 Å². The van der Waals surface area contributed by atoms with Gasteiger partial charge in [-0.1, -0.05) is 12.1 Å². The molecule has 0 amide bonds. The normalized spacial score (nSPS) is 10.8. The summed E-state index contributed by atoms with van der Waals surface area (Å²) in [6, 6.07) is 8.25. The molecule has 0 unspecified atom stereocenters. The van der Waals surface area contributed by atoms with E-state index >= 15 is 0 Å². The second-order valence-corrected chi connectivity index (χ2v) is 4.92. The van der Waals surface area contributed by atoms with Gasteiger partial charge in [0.05, 0.1) is 11.2 Å². The van der Waals surface area contributed by atoms with Gasteiger partial charge in [-0.25, -0.2) is 0 Å². The zero-order valence-corrected chi connectivity index (χ0v) is 12.0. The quantitative estimate of drug-likeness (QED) is 0.823. The third kappa shape index (κ3) is 3.43. The topological polar surface area (TPSA) is 34.1 Å². The molecule has 0 atom stereocenters. The number of fused-ring (bicyclic) bond motifs is 1. The van der Waals surface area contributed by atoms with Crippen LogP contribution in [0.1, 0.15) is 13.3 Å². The molecule has 1 aromatic carbocycles. The summed E-state index contributed by atoms with van der Waals surface area (Å²) in [7, 11) is 0. The Balaban J connectivity index is 2.04. The van der Waals surface area contributed by atoms with Crippen molar-refractivity contribution in [1.29, 1.82) is 0 Å². The van der Waals surface area contributed by atoms with E-state index in [-0.39, 0.29) is 0 Å². The first-order valence-corrected chi connectivity index (χ1v) is 6.96. The first-order chi connectivity index (χ1) is 8.81. The Morgan fingerprint density at radius 3 is 3.11 bits per heavy atom. The van der Waals surface area contributed by atoms with Crippen molar-refractivity contribution in [3.05, 3.63) is 34.9 Å². The fourth-order valence-electron chi connectivity index (χ4n) is 1.82. The zero-order chi connectivity index (χ0) is 12.8. The number of pyridine rings is 1. The summed E-state index contributed by atoms with van der Waals surface area (Å²) in [5.74, 6) is 0. The number of hydrogen-bond acceptors (Lipinski definition) is 3. The number of benzene rings is 1. The van der Waals surface area contributed by atoms with Gasteiger partial charge in [0.2, 0.25) is 0 Å². The van der Waals surface area contributed by atoms with E-state index in [2.05, 4.69) is 44.4 Å². The number of para-hydroxylation sites is 1. The lowest BCUT2D eigenvalue weighted by atomic mass is 10.2. The minimum absolute atomic E-state index is 0.782. The molecule has 0 aliphatic carbocycles. The first-order valence-electron chi connectivity index (χ1n) is 6.17. The maximum atomic E-state index is 5.31. The van der Waals surface area contributed by atoms with Gasteiger partial charge in [0.25, 0.3) is 0 Å². The summed E-state index contributed by atoms with van der Waals surface area (Å²) in [4.78, 5) is 4.46. The van der Waals surface area contributed by atoms with E-state index in [1.807, 2.05) is 19.2 Å². The molecule has 0 saturated heterocycles. The van der Waals surface area contributed by atoms with Gasteiger partial charge in [-0.3, -0.25) is 4.98 Å². The standard InChI is InChI=1S/C14H17BrN2O/c1-2-18-8-4-7-16-13-6-3-5-11-9-12(15)10-17-14(11)13/h3,5-6,9-10,16H,2,4,7-8H2,1H3. The van der Waals surface area contributed by atoms with Gasteiger partial charge < -0.3 is 10.1 Å². The Labute approximate surface area is 116 Å². The highest BCUT2D eigenvalue weighted by molar-refractivity contribution is 9.10. The summed E-state index contributed by atoms with van der Waals surface area (Å²) in [5.41, 5.74) is 2.09. The molecule has 18 heavy (non-hydrogen) atoms. The predicted octanol–water partition coefficient (Wildman–Crippen LogP) is 3.84. The highest BCUT2D eigenvalue weighted by Gasteiger charge is 2.02. The van der Waals surface area contributed by atoms with Crippen molar-refractivity contribution < 1.29 is 4.74 Å². The summed E-state index contributed by atoms with van der Waals surface area (Å²) >= 11 is 3.44. The summed E-state index contributed by atoms with van der Waals surface area (Å²) in [6.07, 6.45) is 2.83. The molecular weight excluding hydrogens is 292 g/mol. The van der Waals surface area contributed by atoms with Crippen molar-refractivity contribution >= 4 is 32.5 Å². The highest BCUT2D eigenvalue weighted by atomic mass is 79.9. The van der Waals surface area contributed by atoms with Gasteiger partial charge in [-0.15, -0.1) is 0 Å². The molecule has 0 spiro atoms. The van der Waals surface area contributed by atoms with Crippen molar-refractivity contribution in [2.24, 2.45) is 0 Å². The van der Waals surface area contributed by atoms with E-state index in [9.17, 15) is 0 Å². The number of rotatable bonds is 6. The van der Waals surface area contributed by atoms with Crippen LogP contribution in [0.3, 0.4) is 0 Å². The zero-order valence-electron chi connectivity index (χ0n) is 10.4. The lowest BCUT2D eigenvalue weighted by Crippen LogP contribution is -2.06. The molecule has 0 radical (unpaired) electrons. The fourth-order valence-corrected chi connectivity index (χ4v) is 2.17. The fraction of sp³-hybridized carbons (Fsp3) is 0.357. The van der Waals surface area contributed by atoms with Gasteiger partial charge in [0.15, 0.2) is 0 Å². The van der Waals surface area contributed by atoms with Crippen molar-refractivity contribution in [1.82, 2.24) is 4.98 Å². The molecule has 2 aromatic rings. The summed E-state index contributed by atoms with van der Waals surface area (Å²) in [6.45, 7) is 4.49. The minimum Gasteiger partial charge on any atom is -0.383 e. The lowest BCUT2D eigenvalue weighted by Gasteiger charge is -2.09. The Hall–Kier alpha value is -1.13. The summed E-state index contributed by atoms with van der Waals surface area (Å²) < 4.78 is 6.32. The SMILES string of the molecule is CCOCCCNc1cccc2cc(Br)cnc12. The smallest absolute Gasteiger partial charge is 0.0934 e. The van der Waals surface area contributed by atoms with Crippen LogP contribution in [0.2, 0.25) is 0 Å². The van der Waals surface area contributed by atoms with E-state index in [0.717, 1.165) is 47.2 Å². The Kier molecular flexibility index (Phi) is 4.96. The molecule has 2 rings (SSSR count). The van der Waals surface area contributed by atoms with Crippen LogP contribution in [0, 0.1) is 0 Å². The molecule has 0 saturated carbocycles. The van der Waals surface area contributed by atoms with Crippen LogP contribution in [0.5, 0.6) is 0 Å². The maximum Gasteiger partial charge on any atom is 0.0934 e. The van der Waals surface area contributed by atoms with Crippen LogP contribution in [-0.2, 0) is 4.74 Å². The van der Waals surface area contributed by atoms with Gasteiger partial charge in [0.1, 0.15) is 0 Å². The van der Waals surface area contributed by atoms with Crippen molar-refractivity contribution in [2.45, 2.75) is 13.3 Å². The number of nitrogens with zero attached hydrogens (tertiary/aromatic N) is 1. The molecule has 96 valence electrons. The number of aromatic nitrogens is 1. The Morgan fingerprint density at radius 1 is 1.39 bits per heavy atom. The third-order valence-corrected chi connectivity index (χ3v) is 3.10. The van der Waals surface area contributed by atoms with Crippen LogP contribution in [0.15, 0.2) is 34.9 Å². The van der Waals surface area contributed by atoms with E-state index in [1.54, 1.807) is 0 Å². The van der Waals surface area contributed by atoms with Crippen LogP contribution in [-0.4, -0.2) is 24.7 Å². The number of halogens is 1. The second kappa shape index (κ2) is 6.71. The predicted molar refractivity (Wildman–Crippen MR) is 79.0 cm³/mol.